The van der Waals surface area contributed by atoms with Crippen molar-refractivity contribution in [2.24, 2.45) is 0 Å². The van der Waals surface area contributed by atoms with E-state index >= 15 is 0 Å². The lowest BCUT2D eigenvalue weighted by molar-refractivity contribution is 0.0964. The van der Waals surface area contributed by atoms with Gasteiger partial charge in [-0.25, -0.2) is 4.98 Å². The quantitative estimate of drug-likeness (QED) is 0.613. The van der Waals surface area contributed by atoms with Gasteiger partial charge in [-0.05, 0) is 43.2 Å². The second-order valence-electron chi connectivity index (χ2n) is 6.15. The summed E-state index contributed by atoms with van der Waals surface area (Å²) in [6.45, 7) is 4.05. The van der Waals surface area contributed by atoms with Crippen molar-refractivity contribution in [1.82, 2.24) is 15.3 Å². The SMILES string of the molecule is CCc1ccc(Nc2ncc(C)c(Nc3ccccc3C(=O)NC)n2)cc1. The molecule has 138 valence electrons. The Hall–Kier alpha value is -3.41. The van der Waals surface area contributed by atoms with Crippen LogP contribution in [-0.4, -0.2) is 22.9 Å². The number of hydrogen-bond donors (Lipinski definition) is 3. The number of nitrogens with zero attached hydrogens (tertiary/aromatic N) is 2. The Morgan fingerprint density at radius 2 is 1.78 bits per heavy atom. The van der Waals surface area contributed by atoms with E-state index in [9.17, 15) is 4.79 Å². The molecule has 0 bridgehead atoms. The Morgan fingerprint density at radius 3 is 2.48 bits per heavy atom. The lowest BCUT2D eigenvalue weighted by atomic mass is 10.1. The van der Waals surface area contributed by atoms with Gasteiger partial charge >= 0.3 is 0 Å². The number of aryl methyl sites for hydroxylation is 2. The summed E-state index contributed by atoms with van der Waals surface area (Å²) in [4.78, 5) is 21.0. The van der Waals surface area contributed by atoms with Gasteiger partial charge in [-0.15, -0.1) is 0 Å². The molecule has 1 heterocycles. The molecule has 1 amide bonds. The zero-order valence-corrected chi connectivity index (χ0v) is 15.7. The normalized spacial score (nSPS) is 10.3. The molecule has 0 saturated carbocycles. The van der Waals surface area contributed by atoms with E-state index in [-0.39, 0.29) is 5.91 Å². The highest BCUT2D eigenvalue weighted by Crippen LogP contribution is 2.23. The van der Waals surface area contributed by atoms with Crippen molar-refractivity contribution in [2.45, 2.75) is 20.3 Å². The van der Waals surface area contributed by atoms with Crippen molar-refractivity contribution in [3.05, 3.63) is 71.4 Å². The molecule has 0 atom stereocenters. The van der Waals surface area contributed by atoms with Crippen LogP contribution in [0.25, 0.3) is 0 Å². The molecule has 0 spiro atoms. The van der Waals surface area contributed by atoms with Crippen LogP contribution in [-0.2, 0) is 6.42 Å². The van der Waals surface area contributed by atoms with Gasteiger partial charge in [-0.3, -0.25) is 4.79 Å². The summed E-state index contributed by atoms with van der Waals surface area (Å²) in [7, 11) is 1.61. The van der Waals surface area contributed by atoms with Crippen LogP contribution in [0.1, 0.15) is 28.4 Å². The lowest BCUT2D eigenvalue weighted by Gasteiger charge is -2.13. The third-order valence-electron chi connectivity index (χ3n) is 4.24. The van der Waals surface area contributed by atoms with E-state index in [4.69, 9.17) is 0 Å². The van der Waals surface area contributed by atoms with E-state index in [2.05, 4.69) is 45.0 Å². The van der Waals surface area contributed by atoms with Crippen LogP contribution in [0, 0.1) is 6.92 Å². The molecule has 0 unspecified atom stereocenters. The highest BCUT2D eigenvalue weighted by atomic mass is 16.1. The number of carbonyl (C=O) groups excluding carboxylic acids is 1. The van der Waals surface area contributed by atoms with Gasteiger partial charge < -0.3 is 16.0 Å². The summed E-state index contributed by atoms with van der Waals surface area (Å²) in [5, 5.41) is 9.12. The first-order chi connectivity index (χ1) is 13.1. The standard InChI is InChI=1S/C21H23N5O/c1-4-15-9-11-16(12-10-15)24-21-23-13-14(2)19(26-21)25-18-8-6-5-7-17(18)20(27)22-3/h5-13H,4H2,1-3H3,(H,22,27)(H2,23,24,25,26). The largest absolute Gasteiger partial charge is 0.355 e. The topological polar surface area (TPSA) is 78.9 Å². The van der Waals surface area contributed by atoms with E-state index < -0.39 is 0 Å². The van der Waals surface area contributed by atoms with Gasteiger partial charge in [-0.1, -0.05) is 31.2 Å². The van der Waals surface area contributed by atoms with Crippen LogP contribution in [0.2, 0.25) is 0 Å². The summed E-state index contributed by atoms with van der Waals surface area (Å²) in [6.07, 6.45) is 2.75. The monoisotopic (exact) mass is 361 g/mol. The van der Waals surface area contributed by atoms with Crippen LogP contribution >= 0.6 is 0 Å². The van der Waals surface area contributed by atoms with E-state index in [1.807, 2.05) is 37.3 Å². The number of para-hydroxylation sites is 1. The molecule has 2 aromatic carbocycles. The second kappa shape index (κ2) is 8.31. The zero-order valence-electron chi connectivity index (χ0n) is 15.7. The van der Waals surface area contributed by atoms with Gasteiger partial charge in [0.25, 0.3) is 5.91 Å². The fourth-order valence-corrected chi connectivity index (χ4v) is 2.63. The molecule has 0 aliphatic heterocycles. The van der Waals surface area contributed by atoms with Crippen LogP contribution < -0.4 is 16.0 Å². The predicted octanol–water partition coefficient (Wildman–Crippen LogP) is 4.19. The third kappa shape index (κ3) is 4.41. The predicted molar refractivity (Wildman–Crippen MR) is 109 cm³/mol. The molecule has 0 aliphatic carbocycles. The fourth-order valence-electron chi connectivity index (χ4n) is 2.63. The smallest absolute Gasteiger partial charge is 0.253 e. The van der Waals surface area contributed by atoms with Gasteiger partial charge in [0.05, 0.1) is 11.3 Å². The Bertz CT molecular complexity index is 938. The molecule has 6 nitrogen and oxygen atoms in total. The van der Waals surface area contributed by atoms with E-state index in [1.165, 1.54) is 5.56 Å². The van der Waals surface area contributed by atoms with Gasteiger partial charge in [0.2, 0.25) is 5.95 Å². The molecule has 3 aromatic rings. The Kier molecular flexibility index (Phi) is 5.66. The fraction of sp³-hybridized carbons (Fsp3) is 0.190. The summed E-state index contributed by atoms with van der Waals surface area (Å²) in [5.41, 5.74) is 4.33. The number of nitrogens with one attached hydrogen (secondary N) is 3. The molecule has 0 aliphatic rings. The van der Waals surface area contributed by atoms with Crippen molar-refractivity contribution in [1.29, 1.82) is 0 Å². The number of hydrogen-bond acceptors (Lipinski definition) is 5. The van der Waals surface area contributed by atoms with E-state index in [0.29, 0.717) is 23.0 Å². The van der Waals surface area contributed by atoms with E-state index in [0.717, 1.165) is 17.7 Å². The van der Waals surface area contributed by atoms with Crippen molar-refractivity contribution >= 4 is 29.0 Å². The average Bonchev–Trinajstić information content (AvgIpc) is 2.71. The first kappa shape index (κ1) is 18.4. The van der Waals surface area contributed by atoms with Gasteiger partial charge in [0.1, 0.15) is 5.82 Å². The van der Waals surface area contributed by atoms with E-state index in [1.54, 1.807) is 19.3 Å². The minimum atomic E-state index is -0.154. The first-order valence-corrected chi connectivity index (χ1v) is 8.88. The third-order valence-corrected chi connectivity index (χ3v) is 4.24. The van der Waals surface area contributed by atoms with Crippen LogP contribution in [0.3, 0.4) is 0 Å². The van der Waals surface area contributed by atoms with Crippen molar-refractivity contribution in [2.75, 3.05) is 17.7 Å². The Labute approximate surface area is 159 Å². The minimum absolute atomic E-state index is 0.154. The Balaban J connectivity index is 1.84. The van der Waals surface area contributed by atoms with Gasteiger partial charge in [-0.2, -0.15) is 4.98 Å². The van der Waals surface area contributed by atoms with Crippen molar-refractivity contribution in [3.63, 3.8) is 0 Å². The number of amides is 1. The maximum absolute atomic E-state index is 12.1. The molecule has 27 heavy (non-hydrogen) atoms. The summed E-state index contributed by atoms with van der Waals surface area (Å²) >= 11 is 0. The Morgan fingerprint density at radius 1 is 1.04 bits per heavy atom. The summed E-state index contributed by atoms with van der Waals surface area (Å²) in [6, 6.07) is 15.5. The van der Waals surface area contributed by atoms with Crippen LogP contribution in [0.4, 0.5) is 23.1 Å². The number of benzene rings is 2. The molecular weight excluding hydrogens is 338 g/mol. The highest BCUT2D eigenvalue weighted by Gasteiger charge is 2.11. The summed E-state index contributed by atoms with van der Waals surface area (Å²) in [5.74, 6) is 0.984. The molecule has 3 rings (SSSR count). The molecule has 3 N–H and O–H groups in total. The maximum Gasteiger partial charge on any atom is 0.253 e. The molecule has 6 heteroatoms. The number of rotatable bonds is 6. The van der Waals surface area contributed by atoms with Crippen LogP contribution in [0.15, 0.2) is 54.7 Å². The second-order valence-corrected chi connectivity index (χ2v) is 6.15. The molecule has 0 fully saturated rings. The molecule has 0 radical (unpaired) electrons. The molecule has 0 saturated heterocycles. The first-order valence-electron chi connectivity index (χ1n) is 8.88. The van der Waals surface area contributed by atoms with Gasteiger partial charge in [0, 0.05) is 24.5 Å². The zero-order chi connectivity index (χ0) is 19.2. The maximum atomic E-state index is 12.1. The van der Waals surface area contributed by atoms with Crippen molar-refractivity contribution in [3.8, 4) is 0 Å². The number of carbonyl (C=O) groups is 1. The van der Waals surface area contributed by atoms with Gasteiger partial charge in [0.15, 0.2) is 0 Å². The minimum Gasteiger partial charge on any atom is -0.355 e. The summed E-state index contributed by atoms with van der Waals surface area (Å²) < 4.78 is 0. The van der Waals surface area contributed by atoms with Crippen LogP contribution in [0.5, 0.6) is 0 Å². The highest BCUT2D eigenvalue weighted by molar-refractivity contribution is 6.00. The number of anilines is 4. The van der Waals surface area contributed by atoms with Crippen molar-refractivity contribution < 1.29 is 4.79 Å². The number of aromatic nitrogens is 2. The average molecular weight is 361 g/mol. The molecule has 1 aromatic heterocycles. The molecular formula is C21H23N5O. The lowest BCUT2D eigenvalue weighted by Crippen LogP contribution is -2.19.